The average Bonchev–Trinajstić information content (AvgIpc) is 3.21. The summed E-state index contributed by atoms with van der Waals surface area (Å²) < 4.78 is 22.1. The van der Waals surface area contributed by atoms with Crippen LogP contribution >= 0.6 is 11.6 Å². The smallest absolute Gasteiger partial charge is 0.226 e. The molecule has 0 aliphatic carbocycles. The summed E-state index contributed by atoms with van der Waals surface area (Å²) in [5.41, 5.74) is 0.507. The molecule has 0 bridgehead atoms. The second-order valence-corrected chi connectivity index (χ2v) is 6.86. The summed E-state index contributed by atoms with van der Waals surface area (Å²) in [6, 6.07) is 12.3. The third-order valence-corrected chi connectivity index (χ3v) is 4.54. The maximum Gasteiger partial charge on any atom is 0.226 e. The number of anilines is 1. The third kappa shape index (κ3) is 6.12. The Hall–Kier alpha value is -2.28. The van der Waals surface area contributed by atoms with Crippen molar-refractivity contribution < 1.29 is 23.7 Å². The SMILES string of the molecule is COc1ccc(Oc2ccc(Cl)cc2NC(=O)CCOCC2CCCO2)cc1. The first kappa shape index (κ1) is 20.5. The normalized spacial score (nSPS) is 16.0. The molecule has 1 saturated heterocycles. The van der Waals surface area contributed by atoms with Gasteiger partial charge >= 0.3 is 0 Å². The van der Waals surface area contributed by atoms with Crippen LogP contribution in [-0.4, -0.2) is 38.9 Å². The average molecular weight is 406 g/mol. The number of carbonyl (C=O) groups excluding carboxylic acids is 1. The van der Waals surface area contributed by atoms with Gasteiger partial charge in [0.1, 0.15) is 11.5 Å². The van der Waals surface area contributed by atoms with Gasteiger partial charge in [-0.25, -0.2) is 0 Å². The van der Waals surface area contributed by atoms with Gasteiger partial charge in [-0.1, -0.05) is 11.6 Å². The number of amides is 1. The highest BCUT2D eigenvalue weighted by Crippen LogP contribution is 2.32. The Morgan fingerprint density at radius 3 is 2.71 bits per heavy atom. The summed E-state index contributed by atoms with van der Waals surface area (Å²) in [5, 5.41) is 3.34. The van der Waals surface area contributed by atoms with Gasteiger partial charge in [-0.15, -0.1) is 0 Å². The van der Waals surface area contributed by atoms with Gasteiger partial charge in [-0.05, 0) is 55.3 Å². The van der Waals surface area contributed by atoms with Crippen LogP contribution in [-0.2, 0) is 14.3 Å². The van der Waals surface area contributed by atoms with Crippen molar-refractivity contribution in [2.45, 2.75) is 25.4 Å². The minimum absolute atomic E-state index is 0.153. The summed E-state index contributed by atoms with van der Waals surface area (Å²) in [6.07, 6.45) is 2.47. The second kappa shape index (κ2) is 10.3. The standard InChI is InChI=1S/C21H24ClNO5/c1-25-16-5-7-17(8-6-16)28-20-9-4-15(22)13-19(20)23-21(24)10-12-26-14-18-3-2-11-27-18/h4-9,13,18H,2-3,10-12,14H2,1H3,(H,23,24). The predicted molar refractivity (Wildman–Crippen MR) is 108 cm³/mol. The molecule has 0 radical (unpaired) electrons. The van der Waals surface area contributed by atoms with E-state index in [1.807, 2.05) is 0 Å². The van der Waals surface area contributed by atoms with Crippen LogP contribution in [0.4, 0.5) is 5.69 Å². The van der Waals surface area contributed by atoms with Crippen LogP contribution in [0.3, 0.4) is 0 Å². The van der Waals surface area contributed by atoms with E-state index in [4.69, 9.17) is 30.5 Å². The van der Waals surface area contributed by atoms with Crippen molar-refractivity contribution in [3.05, 3.63) is 47.5 Å². The van der Waals surface area contributed by atoms with Crippen molar-refractivity contribution >= 4 is 23.2 Å². The first-order chi connectivity index (χ1) is 13.6. The molecule has 1 unspecified atom stereocenters. The van der Waals surface area contributed by atoms with E-state index in [1.54, 1.807) is 49.6 Å². The number of benzene rings is 2. The molecule has 1 N–H and O–H groups in total. The minimum Gasteiger partial charge on any atom is -0.497 e. The Labute approximate surface area is 169 Å². The van der Waals surface area contributed by atoms with Crippen LogP contribution in [0.1, 0.15) is 19.3 Å². The molecule has 150 valence electrons. The monoisotopic (exact) mass is 405 g/mol. The van der Waals surface area contributed by atoms with Crippen molar-refractivity contribution in [1.29, 1.82) is 0 Å². The molecule has 0 spiro atoms. The molecule has 7 heteroatoms. The van der Waals surface area contributed by atoms with Crippen molar-refractivity contribution in [2.24, 2.45) is 0 Å². The number of carbonyl (C=O) groups is 1. The highest BCUT2D eigenvalue weighted by molar-refractivity contribution is 6.31. The molecule has 1 heterocycles. The highest BCUT2D eigenvalue weighted by atomic mass is 35.5. The molecule has 0 aromatic heterocycles. The lowest BCUT2D eigenvalue weighted by atomic mass is 10.2. The molecule has 6 nitrogen and oxygen atoms in total. The highest BCUT2D eigenvalue weighted by Gasteiger charge is 2.16. The lowest BCUT2D eigenvalue weighted by Crippen LogP contribution is -2.18. The third-order valence-electron chi connectivity index (χ3n) is 4.30. The molecule has 1 atom stereocenters. The maximum absolute atomic E-state index is 12.3. The zero-order valence-corrected chi connectivity index (χ0v) is 16.5. The number of rotatable bonds is 9. The van der Waals surface area contributed by atoms with E-state index in [9.17, 15) is 4.79 Å². The van der Waals surface area contributed by atoms with Crippen molar-refractivity contribution in [3.63, 3.8) is 0 Å². The Morgan fingerprint density at radius 1 is 1.21 bits per heavy atom. The fourth-order valence-corrected chi connectivity index (χ4v) is 3.00. The number of hydrogen-bond donors (Lipinski definition) is 1. The number of hydrogen-bond acceptors (Lipinski definition) is 5. The Bertz CT molecular complexity index is 775. The number of nitrogens with one attached hydrogen (secondary N) is 1. The summed E-state index contributed by atoms with van der Waals surface area (Å²) in [5.74, 6) is 1.69. The Balaban J connectivity index is 1.54. The van der Waals surface area contributed by atoms with Gasteiger partial charge in [-0.2, -0.15) is 0 Å². The molecule has 1 aliphatic heterocycles. The second-order valence-electron chi connectivity index (χ2n) is 6.43. The first-order valence-corrected chi connectivity index (χ1v) is 9.62. The molecule has 1 aliphatic rings. The van der Waals surface area contributed by atoms with Gasteiger partial charge in [0, 0.05) is 11.6 Å². The Kier molecular flexibility index (Phi) is 7.54. The number of ether oxygens (including phenoxy) is 4. The fourth-order valence-electron chi connectivity index (χ4n) is 2.83. The lowest BCUT2D eigenvalue weighted by molar-refractivity contribution is -0.117. The fraction of sp³-hybridized carbons (Fsp3) is 0.381. The number of methoxy groups -OCH3 is 1. The lowest BCUT2D eigenvalue weighted by Gasteiger charge is -2.14. The Morgan fingerprint density at radius 2 is 2.00 bits per heavy atom. The van der Waals surface area contributed by atoms with E-state index in [1.165, 1.54) is 0 Å². The zero-order valence-electron chi connectivity index (χ0n) is 15.8. The van der Waals surface area contributed by atoms with Crippen molar-refractivity contribution in [3.8, 4) is 17.2 Å². The van der Waals surface area contributed by atoms with Crippen molar-refractivity contribution in [1.82, 2.24) is 0 Å². The molecular weight excluding hydrogens is 382 g/mol. The van der Waals surface area contributed by atoms with Crippen LogP contribution < -0.4 is 14.8 Å². The van der Waals surface area contributed by atoms with E-state index in [0.717, 1.165) is 25.2 Å². The predicted octanol–water partition coefficient (Wildman–Crippen LogP) is 4.67. The van der Waals surface area contributed by atoms with E-state index in [-0.39, 0.29) is 18.4 Å². The molecule has 2 aromatic carbocycles. The van der Waals surface area contributed by atoms with Crippen LogP contribution in [0.5, 0.6) is 17.2 Å². The van der Waals surface area contributed by atoms with Crippen LogP contribution in [0, 0.1) is 0 Å². The van der Waals surface area contributed by atoms with Gasteiger partial charge < -0.3 is 24.3 Å². The molecule has 0 saturated carbocycles. The molecule has 28 heavy (non-hydrogen) atoms. The molecule has 3 rings (SSSR count). The van der Waals surface area contributed by atoms with E-state index in [2.05, 4.69) is 5.32 Å². The van der Waals surface area contributed by atoms with Gasteiger partial charge in [0.05, 0.1) is 38.5 Å². The molecular formula is C21H24ClNO5. The van der Waals surface area contributed by atoms with Crippen LogP contribution in [0.15, 0.2) is 42.5 Å². The van der Waals surface area contributed by atoms with E-state index < -0.39 is 0 Å². The van der Waals surface area contributed by atoms with Crippen LogP contribution in [0.25, 0.3) is 0 Å². The first-order valence-electron chi connectivity index (χ1n) is 9.24. The summed E-state index contributed by atoms with van der Waals surface area (Å²) in [4.78, 5) is 12.3. The largest absolute Gasteiger partial charge is 0.497 e. The topological polar surface area (TPSA) is 66.0 Å². The summed E-state index contributed by atoms with van der Waals surface area (Å²) in [6.45, 7) is 1.65. The molecule has 1 fully saturated rings. The van der Waals surface area contributed by atoms with Crippen molar-refractivity contribution in [2.75, 3.05) is 32.2 Å². The quantitative estimate of drug-likeness (QED) is 0.614. The van der Waals surface area contributed by atoms with Gasteiger partial charge in [0.2, 0.25) is 5.91 Å². The zero-order chi connectivity index (χ0) is 19.8. The van der Waals surface area contributed by atoms with Gasteiger partial charge in [-0.3, -0.25) is 4.79 Å². The van der Waals surface area contributed by atoms with Gasteiger partial charge in [0.25, 0.3) is 0 Å². The molecule has 2 aromatic rings. The van der Waals surface area contributed by atoms with Gasteiger partial charge in [0.15, 0.2) is 5.75 Å². The summed E-state index contributed by atoms with van der Waals surface area (Å²) >= 11 is 6.08. The molecule has 1 amide bonds. The minimum atomic E-state index is -0.172. The van der Waals surface area contributed by atoms with E-state index >= 15 is 0 Å². The van der Waals surface area contributed by atoms with E-state index in [0.29, 0.717) is 35.4 Å². The summed E-state index contributed by atoms with van der Waals surface area (Å²) in [7, 11) is 1.60. The number of halogens is 1. The van der Waals surface area contributed by atoms with Crippen LogP contribution in [0.2, 0.25) is 5.02 Å². The maximum atomic E-state index is 12.3.